The third-order valence-electron chi connectivity index (χ3n) is 5.17. The molecule has 10 nitrogen and oxygen atoms in total. The normalized spacial score (nSPS) is 17.7. The van der Waals surface area contributed by atoms with Crippen LogP contribution in [0.25, 0.3) is 0 Å². The Morgan fingerprint density at radius 2 is 1.79 bits per heavy atom. The molecule has 2 aromatic heterocycles. The topological polar surface area (TPSA) is 139 Å². The molecule has 13 heteroatoms. The number of carbonyl (C=O) groups excluding carboxylic acids is 1. The van der Waals surface area contributed by atoms with Gasteiger partial charge in [0.2, 0.25) is 11.8 Å². The summed E-state index contributed by atoms with van der Waals surface area (Å²) in [5.74, 6) is -5.81. The molecule has 1 aliphatic carbocycles. The number of aromatic nitrogens is 3. The molecule has 2 heterocycles. The number of pyridine rings is 1. The molecule has 0 saturated heterocycles. The van der Waals surface area contributed by atoms with Gasteiger partial charge in [0, 0.05) is 17.8 Å². The van der Waals surface area contributed by atoms with Gasteiger partial charge in [0.25, 0.3) is 0 Å². The zero-order valence-electron chi connectivity index (χ0n) is 17.4. The van der Waals surface area contributed by atoms with Crippen LogP contribution in [0.5, 0.6) is 5.88 Å². The molecule has 34 heavy (non-hydrogen) atoms. The van der Waals surface area contributed by atoms with Crippen LogP contribution in [-0.4, -0.2) is 38.3 Å². The fraction of sp³-hybridized carbons (Fsp3) is 0.286. The number of aliphatic carboxylic acids is 1. The van der Waals surface area contributed by atoms with Crippen molar-refractivity contribution < 1.29 is 37.0 Å². The zero-order chi connectivity index (χ0) is 24.2. The van der Waals surface area contributed by atoms with Crippen LogP contribution in [0.15, 0.2) is 34.7 Å². The average Bonchev–Trinajstić information content (AvgIpc) is 3.27. The average molecular weight is 477 g/mol. The van der Waals surface area contributed by atoms with E-state index in [0.29, 0.717) is 25.7 Å². The maximum absolute atomic E-state index is 14.4. The smallest absolute Gasteiger partial charge is 0.320 e. The van der Waals surface area contributed by atoms with Crippen LogP contribution in [0.1, 0.15) is 36.4 Å². The van der Waals surface area contributed by atoms with E-state index in [1.54, 1.807) is 0 Å². The number of anilines is 3. The first-order valence-corrected chi connectivity index (χ1v) is 10.2. The van der Waals surface area contributed by atoms with Crippen molar-refractivity contribution in [2.75, 3.05) is 10.6 Å². The molecule has 0 spiro atoms. The van der Waals surface area contributed by atoms with Crippen molar-refractivity contribution in [1.82, 2.24) is 15.2 Å². The van der Waals surface area contributed by atoms with Crippen LogP contribution in [0.3, 0.4) is 0 Å². The van der Waals surface area contributed by atoms with E-state index >= 15 is 0 Å². The Balaban J connectivity index is 1.34. The van der Waals surface area contributed by atoms with E-state index < -0.39 is 41.3 Å². The van der Waals surface area contributed by atoms with Crippen LogP contribution in [0.4, 0.5) is 30.6 Å². The molecule has 1 fully saturated rings. The highest BCUT2D eigenvalue weighted by atomic mass is 19.2. The molecule has 1 aliphatic rings. The predicted octanol–water partition coefficient (Wildman–Crippen LogP) is 3.90. The quantitative estimate of drug-likeness (QED) is 0.432. The van der Waals surface area contributed by atoms with Crippen LogP contribution < -0.4 is 15.4 Å². The number of carbonyl (C=O) groups is 2. The largest absolute Gasteiger partial charge is 0.481 e. The monoisotopic (exact) mass is 477 g/mol. The highest BCUT2D eigenvalue weighted by Crippen LogP contribution is 2.28. The Morgan fingerprint density at radius 3 is 2.47 bits per heavy atom. The molecule has 1 saturated carbocycles. The predicted molar refractivity (Wildman–Crippen MR) is 110 cm³/mol. The fourth-order valence-electron chi connectivity index (χ4n) is 3.41. The molecule has 0 radical (unpaired) electrons. The Kier molecular flexibility index (Phi) is 6.61. The Hall–Kier alpha value is -4.16. The second-order valence-electron chi connectivity index (χ2n) is 7.54. The zero-order valence-corrected chi connectivity index (χ0v) is 17.4. The van der Waals surface area contributed by atoms with Crippen LogP contribution in [-0.2, 0) is 4.79 Å². The molecule has 0 unspecified atom stereocenters. The van der Waals surface area contributed by atoms with E-state index in [4.69, 9.17) is 14.3 Å². The number of carboxylic acids is 1. The number of hydrogen-bond donors (Lipinski definition) is 3. The van der Waals surface area contributed by atoms with Gasteiger partial charge >= 0.3 is 23.8 Å². The number of benzene rings is 1. The lowest BCUT2D eigenvalue weighted by Gasteiger charge is -2.26. The highest BCUT2D eigenvalue weighted by Gasteiger charge is 2.27. The van der Waals surface area contributed by atoms with Crippen molar-refractivity contribution in [3.63, 3.8) is 0 Å². The van der Waals surface area contributed by atoms with E-state index in [1.807, 2.05) is 0 Å². The number of amides is 1. The SMILES string of the molecule is O=C(Nc1ccc(O[C@H]2CC[C@@H](C(=O)O)CC2)nc1F)c1nnc(Nc2ccc(F)c(F)c2)o1. The summed E-state index contributed by atoms with van der Waals surface area (Å²) in [6, 6.07) is 5.33. The standard InChI is InChI=1S/C21H18F3N5O5/c22-13-6-3-11(9-14(13)23)25-21-29-28-19(34-21)18(30)26-15-7-8-16(27-17(15)24)33-12-4-1-10(2-5-12)20(31)32/h3,6-10,12H,1-2,4-5H2,(H,25,29)(H,26,30)(H,31,32)/t10-,12+. The summed E-state index contributed by atoms with van der Waals surface area (Å²) < 4.78 is 51.4. The maximum atomic E-state index is 14.4. The van der Waals surface area contributed by atoms with Gasteiger partial charge in [-0.05, 0) is 43.9 Å². The minimum Gasteiger partial charge on any atom is -0.481 e. The molecule has 4 rings (SSSR count). The van der Waals surface area contributed by atoms with Crippen molar-refractivity contribution in [1.29, 1.82) is 0 Å². The minimum atomic E-state index is -1.09. The molecule has 3 aromatic rings. The van der Waals surface area contributed by atoms with Crippen LogP contribution in [0.2, 0.25) is 0 Å². The Labute approximate surface area is 190 Å². The van der Waals surface area contributed by atoms with Gasteiger partial charge < -0.3 is 24.9 Å². The van der Waals surface area contributed by atoms with Crippen molar-refractivity contribution in [3.05, 3.63) is 53.8 Å². The third-order valence-corrected chi connectivity index (χ3v) is 5.17. The summed E-state index contributed by atoms with van der Waals surface area (Å²) in [6.45, 7) is 0. The van der Waals surface area contributed by atoms with Crippen molar-refractivity contribution in [2.24, 2.45) is 5.92 Å². The first-order valence-electron chi connectivity index (χ1n) is 10.2. The van der Waals surface area contributed by atoms with Gasteiger partial charge in [-0.15, -0.1) is 5.10 Å². The number of nitrogens with zero attached hydrogens (tertiary/aromatic N) is 3. The summed E-state index contributed by atoms with van der Waals surface area (Å²) in [5, 5.41) is 20.9. The number of hydrogen-bond acceptors (Lipinski definition) is 8. The van der Waals surface area contributed by atoms with Gasteiger partial charge in [-0.1, -0.05) is 5.10 Å². The van der Waals surface area contributed by atoms with Gasteiger partial charge in [-0.25, -0.2) is 8.78 Å². The van der Waals surface area contributed by atoms with Gasteiger partial charge in [0.1, 0.15) is 6.10 Å². The van der Waals surface area contributed by atoms with Gasteiger partial charge in [-0.2, -0.15) is 9.37 Å². The molecule has 0 aliphatic heterocycles. The van der Waals surface area contributed by atoms with E-state index in [9.17, 15) is 22.8 Å². The first-order chi connectivity index (χ1) is 16.3. The summed E-state index contributed by atoms with van der Waals surface area (Å²) in [4.78, 5) is 27.0. The van der Waals surface area contributed by atoms with Crippen molar-refractivity contribution >= 4 is 29.3 Å². The molecule has 0 bridgehead atoms. The molecule has 1 amide bonds. The number of halogens is 3. The summed E-state index contributed by atoms with van der Waals surface area (Å²) in [6.07, 6.45) is 1.68. The maximum Gasteiger partial charge on any atom is 0.320 e. The molecule has 3 N–H and O–H groups in total. The summed E-state index contributed by atoms with van der Waals surface area (Å²) >= 11 is 0. The number of nitrogens with one attached hydrogen (secondary N) is 2. The molecule has 0 atom stereocenters. The van der Waals surface area contributed by atoms with Crippen molar-refractivity contribution in [3.8, 4) is 5.88 Å². The van der Waals surface area contributed by atoms with Gasteiger partial charge in [0.15, 0.2) is 11.6 Å². The fourth-order valence-corrected chi connectivity index (χ4v) is 3.41. The molecule has 178 valence electrons. The second-order valence-corrected chi connectivity index (χ2v) is 7.54. The van der Waals surface area contributed by atoms with Gasteiger partial charge in [-0.3, -0.25) is 9.59 Å². The minimum absolute atomic E-state index is 0.00470. The lowest BCUT2D eigenvalue weighted by molar-refractivity contribution is -0.143. The number of ether oxygens (including phenoxy) is 1. The first kappa shape index (κ1) is 23.0. The van der Waals surface area contributed by atoms with Crippen molar-refractivity contribution in [2.45, 2.75) is 31.8 Å². The highest BCUT2D eigenvalue weighted by molar-refractivity contribution is 6.00. The van der Waals surface area contributed by atoms with Crippen LogP contribution in [0, 0.1) is 23.5 Å². The number of carboxylic acid groups (broad SMARTS) is 1. The van der Waals surface area contributed by atoms with E-state index in [2.05, 4.69) is 25.8 Å². The second kappa shape index (κ2) is 9.77. The Morgan fingerprint density at radius 1 is 1.03 bits per heavy atom. The lowest BCUT2D eigenvalue weighted by atomic mass is 9.87. The Bertz CT molecular complexity index is 1210. The summed E-state index contributed by atoms with van der Waals surface area (Å²) in [7, 11) is 0. The molecular formula is C21H18F3N5O5. The molecular weight excluding hydrogens is 459 g/mol. The van der Waals surface area contributed by atoms with E-state index in [0.717, 1.165) is 12.1 Å². The van der Waals surface area contributed by atoms with Gasteiger partial charge in [0.05, 0.1) is 11.6 Å². The number of rotatable bonds is 7. The molecule has 1 aromatic carbocycles. The van der Waals surface area contributed by atoms with E-state index in [-0.39, 0.29) is 29.4 Å². The van der Waals surface area contributed by atoms with Crippen LogP contribution >= 0.6 is 0 Å². The third kappa shape index (κ3) is 5.42. The van der Waals surface area contributed by atoms with E-state index in [1.165, 1.54) is 18.2 Å². The lowest BCUT2D eigenvalue weighted by Crippen LogP contribution is -2.28. The summed E-state index contributed by atoms with van der Waals surface area (Å²) in [5.41, 5.74) is -0.156.